The second-order valence-electron chi connectivity index (χ2n) is 6.26. The van der Waals surface area contributed by atoms with Crippen molar-refractivity contribution < 1.29 is 62.6 Å². The summed E-state index contributed by atoms with van der Waals surface area (Å²) in [5, 5.41) is 10.9. The molecule has 0 aliphatic carbocycles. The topological polar surface area (TPSA) is 94.8 Å². The molecule has 28 heavy (non-hydrogen) atoms. The molecule has 0 amide bonds. The summed E-state index contributed by atoms with van der Waals surface area (Å²) in [4.78, 5) is 5.35. The molecule has 1 heterocycles. The van der Waals surface area contributed by atoms with Crippen molar-refractivity contribution in [2.45, 2.75) is 29.8 Å². The van der Waals surface area contributed by atoms with Gasteiger partial charge in [0.25, 0.3) is 0 Å². The molecule has 1 saturated heterocycles. The van der Waals surface area contributed by atoms with E-state index >= 15 is 0 Å². The summed E-state index contributed by atoms with van der Waals surface area (Å²) in [6.07, 6.45) is 1.13. The quantitative estimate of drug-likeness (QED) is 0.450. The van der Waals surface area contributed by atoms with Gasteiger partial charge in [0.1, 0.15) is 0 Å². The molecule has 1 aliphatic heterocycles. The molecule has 2 aromatic carbocycles. The van der Waals surface area contributed by atoms with Crippen molar-refractivity contribution in [3.8, 4) is 11.1 Å². The van der Waals surface area contributed by atoms with E-state index in [1.807, 2.05) is 36.4 Å². The van der Waals surface area contributed by atoms with Crippen LogP contribution in [-0.2, 0) is 20.2 Å². The number of nitrogens with zero attached hydrogens (tertiary/aromatic N) is 1. The number of nitrogens with one attached hydrogen (secondary N) is 2. The van der Waals surface area contributed by atoms with Crippen LogP contribution >= 0.6 is 11.6 Å². The molecule has 3 unspecified atom stereocenters. The van der Waals surface area contributed by atoms with Crippen molar-refractivity contribution in [3.63, 3.8) is 0 Å². The van der Waals surface area contributed by atoms with Crippen LogP contribution in [0.4, 0.5) is 0 Å². The van der Waals surface area contributed by atoms with Gasteiger partial charge in [0.15, 0.2) is 0 Å². The van der Waals surface area contributed by atoms with Gasteiger partial charge in [0.2, 0.25) is 11.1 Å². The van der Waals surface area contributed by atoms with Crippen LogP contribution in [-0.4, -0.2) is 39.7 Å². The van der Waals surface area contributed by atoms with Crippen molar-refractivity contribution in [2.24, 2.45) is 0 Å². The number of piperidine rings is 1. The van der Waals surface area contributed by atoms with E-state index in [1.165, 1.54) is 0 Å². The minimum atomic E-state index is -1.68. The number of hydrogen-bond acceptors (Lipinski definition) is 6. The maximum Gasteiger partial charge on any atom is 0.206 e. The summed E-state index contributed by atoms with van der Waals surface area (Å²) in [6, 6.07) is 14.3. The van der Waals surface area contributed by atoms with Gasteiger partial charge in [-0.25, -0.2) is 4.21 Å². The van der Waals surface area contributed by atoms with Crippen molar-refractivity contribution in [1.29, 1.82) is 0 Å². The van der Waals surface area contributed by atoms with E-state index < -0.39 is 11.1 Å². The van der Waals surface area contributed by atoms with Gasteiger partial charge < -0.3 is 5.73 Å². The van der Waals surface area contributed by atoms with Gasteiger partial charge in [-0.05, 0) is 41.8 Å². The van der Waals surface area contributed by atoms with Crippen LogP contribution in [0.3, 0.4) is 0 Å². The average Bonchev–Trinajstić information content (AvgIpc) is 2.69. The Labute approximate surface area is 207 Å². The molecule has 3 rings (SSSR count). The monoisotopic (exact) mass is 637 g/mol. The van der Waals surface area contributed by atoms with Crippen LogP contribution in [0.2, 0.25) is 5.02 Å². The Morgan fingerprint density at radius 1 is 1.18 bits per heavy atom. The number of rotatable bonds is 7. The zero-order valence-corrected chi connectivity index (χ0v) is 21.4. The van der Waals surface area contributed by atoms with Crippen LogP contribution in [0.5, 0.6) is 0 Å². The summed E-state index contributed by atoms with van der Waals surface area (Å²) in [6.45, 7) is 0.598. The summed E-state index contributed by atoms with van der Waals surface area (Å²) in [5.41, 5.74) is 11.5. The predicted molar refractivity (Wildman–Crippen MR) is 103 cm³/mol. The van der Waals surface area contributed by atoms with Gasteiger partial charge in [-0.1, -0.05) is 47.9 Å². The zero-order valence-electron chi connectivity index (χ0n) is 15.1. The molecule has 149 valence electrons. The van der Waals surface area contributed by atoms with Crippen LogP contribution in [0, 0.1) is 44.1 Å². The number of hydrogen-bond donors (Lipinski definition) is 2. The Hall–Kier alpha value is 0.0816. The molecule has 3 atom stereocenters. The van der Waals surface area contributed by atoms with Gasteiger partial charge in [-0.15, -0.1) is 6.04 Å². The van der Waals surface area contributed by atoms with Gasteiger partial charge in [0, 0.05) is 55.6 Å². The van der Waals surface area contributed by atoms with E-state index in [2.05, 4.69) is 0 Å². The van der Waals surface area contributed by atoms with Crippen molar-refractivity contribution >= 4 is 22.7 Å². The van der Waals surface area contributed by atoms with Crippen LogP contribution < -0.4 is 5.64 Å². The minimum Gasteiger partial charge on any atom is -0.675 e. The fourth-order valence-electron chi connectivity index (χ4n) is 2.94. The Kier molecular flexibility index (Phi) is 10.5. The Morgan fingerprint density at radius 2 is 1.79 bits per heavy atom. The molecular weight excluding hydrogens is 617 g/mol. The molecular formula is C18H21AcClN3O4S-. The second kappa shape index (κ2) is 12.1. The first kappa shape index (κ1) is 24.4. The molecule has 10 heteroatoms. The van der Waals surface area contributed by atoms with Crippen molar-refractivity contribution in [2.75, 3.05) is 13.2 Å². The molecule has 1 radical (unpaired) electrons. The van der Waals surface area contributed by atoms with Crippen LogP contribution in [0.1, 0.15) is 12.8 Å². The summed E-state index contributed by atoms with van der Waals surface area (Å²) >= 11 is 4.23. The zero-order chi connectivity index (χ0) is 19.2. The number of hydroxylamine groups is 2. The van der Waals surface area contributed by atoms with E-state index in [1.54, 1.807) is 22.8 Å². The van der Waals surface area contributed by atoms with E-state index in [-0.39, 0.29) is 62.8 Å². The standard InChI is InChI=1S/C18H21ClN3O4S.Ac/c19-15-5-1-13(2-6-15)14-3-7-18(8-4-14)27(24)26-22-10-9-16(20)11-17(22)12-25-21-23;/h1-8,16-17,20-21,23H,9-12H2;/q-1;. The molecule has 1 fully saturated rings. The molecule has 3 N–H and O–H groups in total. The minimum absolute atomic E-state index is 0. The Bertz CT molecular complexity index is 766. The van der Waals surface area contributed by atoms with Crippen LogP contribution in [0.15, 0.2) is 53.4 Å². The largest absolute Gasteiger partial charge is 0.675 e. The SMILES string of the molecule is [Ac].[NH-]C1CCN(OS(=O)c2ccc(-c3ccc(Cl)cc3)cc2)C(CONO)C1. The fraction of sp³-hybridized carbons (Fsp3) is 0.333. The summed E-state index contributed by atoms with van der Waals surface area (Å²) < 4.78 is 18.2. The third-order valence-electron chi connectivity index (χ3n) is 4.39. The van der Waals surface area contributed by atoms with Crippen molar-refractivity contribution in [1.82, 2.24) is 10.7 Å². The molecule has 0 aromatic heterocycles. The molecule has 2 aromatic rings. The van der Waals surface area contributed by atoms with E-state index in [0.29, 0.717) is 29.3 Å². The molecule has 0 spiro atoms. The van der Waals surface area contributed by atoms with E-state index in [9.17, 15) is 4.21 Å². The van der Waals surface area contributed by atoms with Crippen LogP contribution in [0.25, 0.3) is 16.9 Å². The van der Waals surface area contributed by atoms with Crippen molar-refractivity contribution in [3.05, 3.63) is 59.3 Å². The maximum atomic E-state index is 12.6. The molecule has 7 nitrogen and oxygen atoms in total. The molecule has 0 saturated carbocycles. The number of halogens is 1. The third kappa shape index (κ3) is 6.81. The van der Waals surface area contributed by atoms with E-state index in [4.69, 9.17) is 31.7 Å². The van der Waals surface area contributed by atoms with Gasteiger partial charge in [0.05, 0.1) is 17.5 Å². The first-order valence-electron chi connectivity index (χ1n) is 8.51. The first-order valence-corrected chi connectivity index (χ1v) is 9.97. The van der Waals surface area contributed by atoms with Gasteiger partial charge in [-0.2, -0.15) is 9.35 Å². The first-order chi connectivity index (χ1) is 13.1. The second-order valence-corrected chi connectivity index (χ2v) is 7.78. The molecule has 1 aliphatic rings. The maximum absolute atomic E-state index is 12.6. The predicted octanol–water partition coefficient (Wildman–Crippen LogP) is 3.76. The smallest absolute Gasteiger partial charge is 0.206 e. The summed E-state index contributed by atoms with van der Waals surface area (Å²) in [5.74, 6) is 0. The Balaban J connectivity index is 0.00000280. The third-order valence-corrected chi connectivity index (χ3v) is 5.63. The van der Waals surface area contributed by atoms with Gasteiger partial charge >= 0.3 is 0 Å². The molecule has 0 bridgehead atoms. The Morgan fingerprint density at radius 3 is 2.39 bits per heavy atom. The fourth-order valence-corrected chi connectivity index (χ4v) is 3.88. The number of benzene rings is 2. The summed E-state index contributed by atoms with van der Waals surface area (Å²) in [7, 11) is 0. The average molecular weight is 638 g/mol. The van der Waals surface area contributed by atoms with E-state index in [0.717, 1.165) is 11.1 Å². The normalized spacial score (nSPS) is 21.1. The van der Waals surface area contributed by atoms with Gasteiger partial charge in [-0.3, -0.25) is 10.0 Å².